The number of rotatable bonds is 90. The van der Waals surface area contributed by atoms with Crippen LogP contribution in [0.1, 0.15) is 466 Å². The molecule has 0 amide bonds. The highest BCUT2D eigenvalue weighted by atomic mass is 28.4. The lowest BCUT2D eigenvalue weighted by molar-refractivity contribution is -0.150. The van der Waals surface area contributed by atoms with Crippen molar-refractivity contribution in [3.63, 3.8) is 0 Å². The van der Waals surface area contributed by atoms with Crippen molar-refractivity contribution in [2.75, 3.05) is 78.9 Å². The number of carbonyl (C=O) groups excluding carboxylic acids is 2. The number of aliphatic hydroxyl groups is 2. The molecule has 0 radical (unpaired) electrons. The van der Waals surface area contributed by atoms with Crippen LogP contribution in [0.3, 0.4) is 0 Å². The molecule has 0 aliphatic heterocycles. The largest absolute Gasteiger partial charge is 0.465 e. The zero-order chi connectivity index (χ0) is 81.0. The normalized spacial score (nSPS) is 13.2. The maximum Gasteiger partial charge on any atom is 0.308 e. The molecule has 4 unspecified atom stereocenters. The molecule has 110 heavy (non-hydrogen) atoms. The number of hydrogen-bond acceptors (Lipinski definition) is 12. The van der Waals surface area contributed by atoms with E-state index in [1.807, 2.05) is 0 Å². The Morgan fingerprint density at radius 3 is 0.727 bits per heavy atom. The molecule has 0 aromatic rings. The summed E-state index contributed by atoms with van der Waals surface area (Å²) < 4.78 is 37.9. The molecule has 0 bridgehead atoms. The van der Waals surface area contributed by atoms with Gasteiger partial charge in [-0.1, -0.05) is 364 Å². The van der Waals surface area contributed by atoms with E-state index in [-0.39, 0.29) is 49.6 Å². The molecule has 14 heteroatoms. The van der Waals surface area contributed by atoms with E-state index in [1.165, 1.54) is 295 Å². The summed E-state index contributed by atoms with van der Waals surface area (Å²) in [5.74, 6) is 0.308. The summed E-state index contributed by atoms with van der Waals surface area (Å²) in [6.45, 7) is 36.7. The molecular formula is C96H198N2O10Si2. The topological polar surface area (TPSA) is 136 Å². The minimum Gasteiger partial charge on any atom is -0.465 e. The number of ether oxygens (including phenoxy) is 4. The first kappa shape index (κ1) is 111. The van der Waals surface area contributed by atoms with Gasteiger partial charge in [0.25, 0.3) is 0 Å². The van der Waals surface area contributed by atoms with E-state index < -0.39 is 16.6 Å². The van der Waals surface area contributed by atoms with Crippen molar-refractivity contribution in [1.29, 1.82) is 0 Å². The van der Waals surface area contributed by atoms with Crippen LogP contribution in [0.5, 0.6) is 0 Å². The van der Waals surface area contributed by atoms with Crippen molar-refractivity contribution in [3.8, 4) is 0 Å². The lowest BCUT2D eigenvalue weighted by atomic mass is 9.94. The Morgan fingerprint density at radius 2 is 0.464 bits per heavy atom. The van der Waals surface area contributed by atoms with Crippen LogP contribution in [-0.2, 0) is 37.4 Å². The van der Waals surface area contributed by atoms with Gasteiger partial charge in [0.15, 0.2) is 16.6 Å². The van der Waals surface area contributed by atoms with Crippen LogP contribution >= 0.6 is 0 Å². The van der Waals surface area contributed by atoms with Gasteiger partial charge in [0.05, 0.1) is 38.3 Å². The van der Waals surface area contributed by atoms with Crippen LogP contribution in [0.2, 0.25) is 38.3 Å². The van der Waals surface area contributed by atoms with Gasteiger partial charge in [-0.2, -0.15) is 0 Å². The van der Waals surface area contributed by atoms with Crippen molar-refractivity contribution >= 4 is 28.6 Å². The third-order valence-electron chi connectivity index (χ3n) is 22.9. The van der Waals surface area contributed by atoms with Gasteiger partial charge in [-0.25, -0.2) is 0 Å². The second kappa shape index (κ2) is 87.4. The Morgan fingerprint density at radius 1 is 0.255 bits per heavy atom. The third kappa shape index (κ3) is 79.5. The molecule has 0 spiro atoms. The smallest absolute Gasteiger partial charge is 0.308 e. The molecular weight excluding hydrogens is 1400 g/mol. The molecule has 0 heterocycles. The molecule has 0 aliphatic rings. The molecule has 0 aliphatic carbocycles. The maximum atomic E-state index is 13.0. The quantitative estimate of drug-likeness (QED) is 0.0260. The Labute approximate surface area is 690 Å². The summed E-state index contributed by atoms with van der Waals surface area (Å²) in [7, 11) is -3.56. The van der Waals surface area contributed by atoms with Crippen molar-refractivity contribution in [2.24, 2.45) is 11.8 Å². The van der Waals surface area contributed by atoms with E-state index in [2.05, 4.69) is 91.4 Å². The second-order valence-electron chi connectivity index (χ2n) is 35.1. The fraction of sp³-hybridized carbons (Fsp3) is 0.979. The average Bonchev–Trinajstić information content (AvgIpc) is 0.902. The summed E-state index contributed by atoms with van der Waals surface area (Å²) in [6, 6.07) is 2.40. The summed E-state index contributed by atoms with van der Waals surface area (Å²) in [4.78, 5) is 30.8. The monoisotopic (exact) mass is 1600 g/mol. The average molecular weight is 1600 g/mol. The van der Waals surface area contributed by atoms with Gasteiger partial charge in [-0.3, -0.25) is 9.59 Å². The lowest BCUT2D eigenvalue weighted by Crippen LogP contribution is -2.37. The minimum absolute atomic E-state index is 0.0156. The number of carbonyl (C=O) groups is 2. The van der Waals surface area contributed by atoms with Crippen molar-refractivity contribution < 1.29 is 47.6 Å². The molecule has 0 fully saturated rings. The highest BCUT2D eigenvalue weighted by molar-refractivity contribution is 6.71. The van der Waals surface area contributed by atoms with Crippen molar-refractivity contribution in [2.45, 2.75) is 517 Å². The van der Waals surface area contributed by atoms with Gasteiger partial charge in [-0.05, 0) is 167 Å². The summed E-state index contributed by atoms with van der Waals surface area (Å²) in [5.41, 5.74) is 0. The standard InChI is InChI=1S/2C48H99NO5Si/c2*1-7-11-15-19-22-29-37-46(36-28-18-14-10-4)48(51)53-44-34-26-23-31-39-49(41-42-50)40-32-24-27-35-45-55(5,6)54-47(38-30-21-17-13-9-3)52-43-33-25-20-16-12-8-2/h2*46-47,50H,7-45H2,1-6H3. The molecule has 0 aromatic carbocycles. The molecule has 0 aromatic heterocycles. The molecule has 4 atom stereocenters. The number of hydrogen-bond donors (Lipinski definition) is 2. The molecule has 2 N–H and O–H groups in total. The summed E-state index contributed by atoms with van der Waals surface area (Å²) >= 11 is 0. The van der Waals surface area contributed by atoms with E-state index in [0.29, 0.717) is 13.2 Å². The van der Waals surface area contributed by atoms with Crippen LogP contribution in [0.15, 0.2) is 0 Å². The van der Waals surface area contributed by atoms with Gasteiger partial charge in [0.2, 0.25) is 0 Å². The van der Waals surface area contributed by atoms with Crippen LogP contribution in [0, 0.1) is 11.8 Å². The number of unbranched alkanes of at least 4 members (excludes halogenated alkanes) is 46. The van der Waals surface area contributed by atoms with Gasteiger partial charge < -0.3 is 47.8 Å². The fourth-order valence-electron chi connectivity index (χ4n) is 15.5. The highest BCUT2D eigenvalue weighted by Gasteiger charge is 2.29. The van der Waals surface area contributed by atoms with E-state index in [1.54, 1.807) is 0 Å². The van der Waals surface area contributed by atoms with Gasteiger partial charge in [-0.15, -0.1) is 0 Å². The van der Waals surface area contributed by atoms with Crippen LogP contribution in [0.4, 0.5) is 0 Å². The van der Waals surface area contributed by atoms with Crippen molar-refractivity contribution in [1.82, 2.24) is 9.80 Å². The third-order valence-corrected chi connectivity index (χ3v) is 27.9. The lowest BCUT2D eigenvalue weighted by Gasteiger charge is -2.30. The second-order valence-corrected chi connectivity index (χ2v) is 43.6. The Kier molecular flexibility index (Phi) is 88.2. The van der Waals surface area contributed by atoms with Crippen LogP contribution in [-0.4, -0.2) is 140 Å². The number of aliphatic hydroxyl groups excluding tert-OH is 2. The summed E-state index contributed by atoms with van der Waals surface area (Å²) in [6.07, 6.45) is 78.1. The molecule has 12 nitrogen and oxygen atoms in total. The Balaban J connectivity index is 0. The predicted molar refractivity (Wildman–Crippen MR) is 483 cm³/mol. The van der Waals surface area contributed by atoms with E-state index in [9.17, 15) is 19.8 Å². The first-order valence-electron chi connectivity index (χ1n) is 49.2. The summed E-state index contributed by atoms with van der Waals surface area (Å²) in [5, 5.41) is 19.4. The van der Waals surface area contributed by atoms with E-state index >= 15 is 0 Å². The zero-order valence-electron chi connectivity index (χ0n) is 76.5. The molecule has 0 rings (SSSR count). The number of esters is 2. The Bertz CT molecular complexity index is 1690. The molecule has 660 valence electrons. The maximum absolute atomic E-state index is 13.0. The first-order valence-corrected chi connectivity index (χ1v) is 55.5. The number of nitrogens with zero attached hydrogens (tertiary/aromatic N) is 2. The van der Waals surface area contributed by atoms with Gasteiger partial charge in [0.1, 0.15) is 12.6 Å². The SMILES string of the molecule is CCCCCCCCOC(CCCCCCC)O[Si](C)(C)CCCCCCN(CCO)CCCCCCOC(=O)C(CCCCCC)CCCCCCCC.CCCCCCCCOC(CCCCCCC)O[Si](C)(C)CCCCCCN(CCO)CCCCCCOC(=O)C(CCCCCC)CCCCCCCC. The van der Waals surface area contributed by atoms with Crippen molar-refractivity contribution in [3.05, 3.63) is 0 Å². The first-order chi connectivity index (χ1) is 53.7. The van der Waals surface area contributed by atoms with Gasteiger partial charge in [0, 0.05) is 26.3 Å². The zero-order valence-corrected chi connectivity index (χ0v) is 78.5. The molecule has 0 saturated carbocycles. The van der Waals surface area contributed by atoms with E-state index in [4.69, 9.17) is 27.8 Å². The van der Waals surface area contributed by atoms with Gasteiger partial charge >= 0.3 is 11.9 Å². The van der Waals surface area contributed by atoms with Crippen LogP contribution < -0.4 is 0 Å². The molecule has 0 saturated heterocycles. The Hall–Kier alpha value is -0.946. The minimum atomic E-state index is -1.78. The highest BCUT2D eigenvalue weighted by Crippen LogP contribution is 2.27. The van der Waals surface area contributed by atoms with E-state index in [0.717, 1.165) is 181 Å². The van der Waals surface area contributed by atoms with Crippen LogP contribution in [0.25, 0.3) is 0 Å². The fourth-order valence-corrected chi connectivity index (χ4v) is 19.8. The predicted octanol–water partition coefficient (Wildman–Crippen LogP) is 29.1.